The molecule has 12 heteroatoms. The molecular weight excluding hydrogens is 609 g/mol. The molecule has 0 radical (unpaired) electrons. The normalized spacial score (nSPS) is 12.0. The Kier molecular flexibility index (Phi) is 11.7. The first-order valence-corrected chi connectivity index (χ1v) is 15.5. The molecule has 8 nitrogen and oxygen atoms in total. The molecular formula is C29H32Cl3N3O5S. The number of amides is 2. The van der Waals surface area contributed by atoms with E-state index in [0.29, 0.717) is 17.1 Å². The van der Waals surface area contributed by atoms with E-state index in [-0.39, 0.29) is 38.8 Å². The number of hydrogen-bond donors (Lipinski definition) is 1. The van der Waals surface area contributed by atoms with Crippen LogP contribution in [0.3, 0.4) is 0 Å². The van der Waals surface area contributed by atoms with Crippen LogP contribution in [0.2, 0.25) is 15.1 Å². The molecule has 0 aliphatic rings. The molecule has 2 amide bonds. The second-order valence-electron chi connectivity index (χ2n) is 9.23. The molecule has 220 valence electrons. The molecule has 0 heterocycles. The number of carbonyl (C=O) groups excluding carboxylic acids is 2. The number of methoxy groups -OCH3 is 1. The van der Waals surface area contributed by atoms with Crippen LogP contribution in [-0.4, -0.2) is 51.4 Å². The Morgan fingerprint density at radius 2 is 1.68 bits per heavy atom. The molecule has 0 fully saturated rings. The van der Waals surface area contributed by atoms with Crippen LogP contribution in [0.1, 0.15) is 32.3 Å². The minimum atomic E-state index is -4.27. The quantitative estimate of drug-likeness (QED) is 0.225. The van der Waals surface area contributed by atoms with Gasteiger partial charge in [-0.15, -0.1) is 0 Å². The Morgan fingerprint density at radius 3 is 2.32 bits per heavy atom. The fourth-order valence-electron chi connectivity index (χ4n) is 4.04. The van der Waals surface area contributed by atoms with Crippen LogP contribution >= 0.6 is 34.8 Å². The number of nitrogens with zero attached hydrogens (tertiary/aromatic N) is 2. The van der Waals surface area contributed by atoms with Gasteiger partial charge in [0.25, 0.3) is 10.0 Å². The molecule has 0 aliphatic carbocycles. The predicted octanol–water partition coefficient (Wildman–Crippen LogP) is 6.18. The van der Waals surface area contributed by atoms with Gasteiger partial charge in [0.1, 0.15) is 18.3 Å². The molecule has 0 bridgehead atoms. The summed E-state index contributed by atoms with van der Waals surface area (Å²) in [4.78, 5) is 28.4. The number of hydrogen-bond acceptors (Lipinski definition) is 5. The van der Waals surface area contributed by atoms with E-state index in [1.165, 1.54) is 36.3 Å². The topological polar surface area (TPSA) is 96.0 Å². The number of nitrogens with one attached hydrogen (secondary N) is 1. The lowest BCUT2D eigenvalue weighted by atomic mass is 10.1. The lowest BCUT2D eigenvalue weighted by molar-refractivity contribution is -0.139. The Hall–Kier alpha value is -2.98. The van der Waals surface area contributed by atoms with Gasteiger partial charge in [0.2, 0.25) is 11.8 Å². The highest BCUT2D eigenvalue weighted by Gasteiger charge is 2.34. The minimum absolute atomic E-state index is 0.0238. The van der Waals surface area contributed by atoms with Crippen molar-refractivity contribution in [3.63, 3.8) is 0 Å². The van der Waals surface area contributed by atoms with E-state index < -0.39 is 28.5 Å². The zero-order valence-corrected chi connectivity index (χ0v) is 26.0. The second-order valence-corrected chi connectivity index (χ2v) is 12.3. The first-order valence-electron chi connectivity index (χ1n) is 12.9. The zero-order chi connectivity index (χ0) is 30.2. The van der Waals surface area contributed by atoms with Gasteiger partial charge in [-0.2, -0.15) is 0 Å². The molecule has 0 saturated heterocycles. The molecule has 0 aromatic heterocycles. The Labute approximate surface area is 256 Å². The molecule has 0 unspecified atom stereocenters. The maximum absolute atomic E-state index is 14.0. The summed E-state index contributed by atoms with van der Waals surface area (Å²) in [6, 6.07) is 16.2. The largest absolute Gasteiger partial charge is 0.495 e. The molecule has 1 N–H and O–H groups in total. The zero-order valence-electron chi connectivity index (χ0n) is 22.9. The van der Waals surface area contributed by atoms with Gasteiger partial charge in [-0.25, -0.2) is 8.42 Å². The number of rotatable bonds is 13. The standard InChI is InChI=1S/C29H32Cl3N3O5S/c1-4-5-15-33-29(37)20(2)34(18-21-11-13-24(31)25(32)16-21)28(36)19-35(26-17-22(30)12-14-27(26)40-3)41(38,39)23-9-7-6-8-10-23/h6-14,16-17,20H,4-5,15,18-19H2,1-3H3,(H,33,37)/t20-/m1/s1. The van der Waals surface area contributed by atoms with Crippen molar-refractivity contribution in [1.29, 1.82) is 0 Å². The summed E-state index contributed by atoms with van der Waals surface area (Å²) in [6.07, 6.45) is 1.66. The second kappa shape index (κ2) is 14.8. The lowest BCUT2D eigenvalue weighted by Crippen LogP contribution is -2.51. The van der Waals surface area contributed by atoms with Crippen molar-refractivity contribution in [2.75, 3.05) is 24.5 Å². The molecule has 41 heavy (non-hydrogen) atoms. The highest BCUT2D eigenvalue weighted by molar-refractivity contribution is 7.92. The number of anilines is 1. The third-order valence-electron chi connectivity index (χ3n) is 6.35. The van der Waals surface area contributed by atoms with E-state index in [0.717, 1.165) is 17.1 Å². The van der Waals surface area contributed by atoms with Crippen molar-refractivity contribution < 1.29 is 22.7 Å². The molecule has 3 aromatic rings. The molecule has 3 rings (SSSR count). The van der Waals surface area contributed by atoms with Crippen molar-refractivity contribution in [1.82, 2.24) is 10.2 Å². The number of sulfonamides is 1. The molecule has 0 aliphatic heterocycles. The van der Waals surface area contributed by atoms with Gasteiger partial charge >= 0.3 is 0 Å². The van der Waals surface area contributed by atoms with Crippen LogP contribution in [-0.2, 0) is 26.2 Å². The van der Waals surface area contributed by atoms with Gasteiger partial charge in [-0.3, -0.25) is 13.9 Å². The highest BCUT2D eigenvalue weighted by Crippen LogP contribution is 2.35. The van der Waals surface area contributed by atoms with Crippen molar-refractivity contribution >= 4 is 62.3 Å². The van der Waals surface area contributed by atoms with E-state index in [1.54, 1.807) is 49.4 Å². The van der Waals surface area contributed by atoms with Gasteiger partial charge < -0.3 is 15.0 Å². The minimum Gasteiger partial charge on any atom is -0.495 e. The fraction of sp³-hybridized carbons (Fsp3) is 0.310. The summed E-state index contributed by atoms with van der Waals surface area (Å²) in [5.41, 5.74) is 0.686. The van der Waals surface area contributed by atoms with E-state index >= 15 is 0 Å². The molecule has 1 atom stereocenters. The Bertz CT molecular complexity index is 1470. The van der Waals surface area contributed by atoms with Crippen molar-refractivity contribution in [3.8, 4) is 5.75 Å². The average Bonchev–Trinajstić information content (AvgIpc) is 2.96. The summed E-state index contributed by atoms with van der Waals surface area (Å²) < 4.78 is 34.2. The maximum atomic E-state index is 14.0. The van der Waals surface area contributed by atoms with Crippen LogP contribution in [0.5, 0.6) is 5.75 Å². The predicted molar refractivity (Wildman–Crippen MR) is 163 cm³/mol. The van der Waals surface area contributed by atoms with E-state index in [4.69, 9.17) is 39.5 Å². The van der Waals surface area contributed by atoms with E-state index in [1.807, 2.05) is 6.92 Å². The SMILES string of the molecule is CCCCNC(=O)[C@@H](C)N(Cc1ccc(Cl)c(Cl)c1)C(=O)CN(c1cc(Cl)ccc1OC)S(=O)(=O)c1ccccc1. The summed E-state index contributed by atoms with van der Waals surface area (Å²) in [5, 5.41) is 3.72. The Balaban J connectivity index is 2.07. The van der Waals surface area contributed by atoms with Crippen molar-refractivity contribution in [3.05, 3.63) is 87.4 Å². The smallest absolute Gasteiger partial charge is 0.264 e. The fourth-order valence-corrected chi connectivity index (χ4v) is 5.97. The van der Waals surface area contributed by atoms with Crippen LogP contribution in [0.15, 0.2) is 71.6 Å². The third-order valence-corrected chi connectivity index (χ3v) is 9.10. The maximum Gasteiger partial charge on any atom is 0.264 e. The van der Waals surface area contributed by atoms with Crippen molar-refractivity contribution in [2.24, 2.45) is 0 Å². The van der Waals surface area contributed by atoms with Gasteiger partial charge in [0, 0.05) is 18.1 Å². The summed E-state index contributed by atoms with van der Waals surface area (Å²) in [5.74, 6) is -0.802. The summed E-state index contributed by atoms with van der Waals surface area (Å²) in [6.45, 7) is 3.38. The van der Waals surface area contributed by atoms with Crippen LogP contribution in [0.25, 0.3) is 0 Å². The number of ether oxygens (including phenoxy) is 1. The van der Waals surface area contributed by atoms with E-state index in [9.17, 15) is 18.0 Å². The molecule has 0 spiro atoms. The lowest BCUT2D eigenvalue weighted by Gasteiger charge is -2.32. The van der Waals surface area contributed by atoms with Gasteiger partial charge in [0.05, 0.1) is 27.7 Å². The third kappa shape index (κ3) is 8.29. The number of carbonyl (C=O) groups is 2. The molecule has 0 saturated carbocycles. The van der Waals surface area contributed by atoms with Gasteiger partial charge in [-0.05, 0) is 61.4 Å². The Morgan fingerprint density at radius 1 is 0.976 bits per heavy atom. The monoisotopic (exact) mass is 639 g/mol. The first-order chi connectivity index (χ1) is 19.5. The van der Waals surface area contributed by atoms with Crippen LogP contribution in [0.4, 0.5) is 5.69 Å². The highest BCUT2D eigenvalue weighted by atomic mass is 35.5. The van der Waals surface area contributed by atoms with Crippen molar-refractivity contribution in [2.45, 2.75) is 44.2 Å². The molecule has 3 aromatic carbocycles. The summed E-state index contributed by atoms with van der Waals surface area (Å²) in [7, 11) is -2.88. The average molecular weight is 641 g/mol. The number of unbranched alkanes of at least 4 members (excludes halogenated alkanes) is 1. The number of halogens is 3. The van der Waals surface area contributed by atoms with Gasteiger partial charge in [-0.1, -0.05) is 72.4 Å². The summed E-state index contributed by atoms with van der Waals surface area (Å²) >= 11 is 18.5. The number of benzene rings is 3. The van der Waals surface area contributed by atoms with Crippen LogP contribution in [0, 0.1) is 0 Å². The van der Waals surface area contributed by atoms with Gasteiger partial charge in [0.15, 0.2) is 0 Å². The first kappa shape index (κ1) is 32.5. The van der Waals surface area contributed by atoms with Crippen LogP contribution < -0.4 is 14.4 Å². The van der Waals surface area contributed by atoms with E-state index in [2.05, 4.69) is 5.32 Å².